The number of carbonyl (C=O) groups is 3. The quantitative estimate of drug-likeness (QED) is 0.523. The summed E-state index contributed by atoms with van der Waals surface area (Å²) in [7, 11) is 0. The summed E-state index contributed by atoms with van der Waals surface area (Å²) in [5.41, 5.74) is 0.880. The van der Waals surface area contributed by atoms with Gasteiger partial charge < -0.3 is 18.9 Å². The molecule has 0 aromatic carbocycles. The average molecular weight is 378 g/mol. The smallest absolute Gasteiger partial charge is 0.303 e. The van der Waals surface area contributed by atoms with Crippen molar-refractivity contribution in [2.75, 3.05) is 6.61 Å². The van der Waals surface area contributed by atoms with Gasteiger partial charge in [-0.1, -0.05) is 0 Å². The molecule has 1 aliphatic heterocycles. The zero-order chi connectivity index (χ0) is 19.6. The Bertz CT molecular complexity index is 834. The van der Waals surface area contributed by atoms with Crippen LogP contribution < -0.4 is 0 Å². The van der Waals surface area contributed by atoms with Gasteiger partial charge in [-0.3, -0.25) is 14.4 Å². The number of nitrogens with zero attached hydrogens (tertiary/aromatic N) is 4. The van der Waals surface area contributed by atoms with Crippen LogP contribution in [0.5, 0.6) is 0 Å². The van der Waals surface area contributed by atoms with Crippen LogP contribution in [0.25, 0.3) is 11.2 Å². The molecule has 2 aromatic heterocycles. The molecule has 0 spiro atoms. The molecule has 3 rings (SSSR count). The van der Waals surface area contributed by atoms with Crippen LogP contribution in [0.4, 0.5) is 0 Å². The molecular weight excluding hydrogens is 360 g/mol. The predicted molar refractivity (Wildman–Crippen MR) is 87.0 cm³/mol. The Morgan fingerprint density at radius 2 is 1.70 bits per heavy atom. The first-order chi connectivity index (χ1) is 12.8. The lowest BCUT2D eigenvalue weighted by Gasteiger charge is -2.23. The van der Waals surface area contributed by atoms with Crippen LogP contribution in [0.15, 0.2) is 18.6 Å². The monoisotopic (exact) mass is 378 g/mol. The largest absolute Gasteiger partial charge is 0.463 e. The maximum Gasteiger partial charge on any atom is 0.303 e. The Labute approximate surface area is 153 Å². The van der Waals surface area contributed by atoms with Crippen molar-refractivity contribution in [1.82, 2.24) is 19.7 Å². The molecule has 3 heterocycles. The molecule has 0 radical (unpaired) electrons. The van der Waals surface area contributed by atoms with Gasteiger partial charge in [-0.15, -0.1) is 5.10 Å². The Balaban J connectivity index is 1.94. The number of carbonyl (C=O) groups excluding carboxylic acids is 3. The topological polar surface area (TPSA) is 132 Å². The highest BCUT2D eigenvalue weighted by atomic mass is 16.7. The molecule has 144 valence electrons. The second-order valence-electron chi connectivity index (χ2n) is 5.89. The summed E-state index contributed by atoms with van der Waals surface area (Å²) in [5.74, 6) is -1.71. The van der Waals surface area contributed by atoms with Crippen molar-refractivity contribution < 1.29 is 33.3 Å². The minimum absolute atomic E-state index is 0.182. The van der Waals surface area contributed by atoms with Gasteiger partial charge in [0.25, 0.3) is 0 Å². The lowest BCUT2D eigenvalue weighted by Crippen LogP contribution is -2.40. The average Bonchev–Trinajstić information content (AvgIpc) is 3.14. The summed E-state index contributed by atoms with van der Waals surface area (Å²) in [4.78, 5) is 42.5. The molecule has 0 saturated carbocycles. The van der Waals surface area contributed by atoms with E-state index in [-0.39, 0.29) is 6.61 Å². The molecule has 0 amide bonds. The number of hydrogen-bond acceptors (Lipinski definition) is 10. The van der Waals surface area contributed by atoms with Crippen molar-refractivity contribution >= 4 is 29.1 Å². The lowest BCUT2D eigenvalue weighted by molar-refractivity contribution is -0.166. The number of hydrogen-bond donors (Lipinski definition) is 0. The second-order valence-corrected chi connectivity index (χ2v) is 5.89. The van der Waals surface area contributed by atoms with E-state index in [4.69, 9.17) is 18.9 Å². The van der Waals surface area contributed by atoms with Crippen molar-refractivity contribution in [2.24, 2.45) is 0 Å². The van der Waals surface area contributed by atoms with Crippen molar-refractivity contribution in [1.29, 1.82) is 0 Å². The summed E-state index contributed by atoms with van der Waals surface area (Å²) in [5, 5.41) is 4.27. The molecule has 4 atom stereocenters. The summed E-state index contributed by atoms with van der Waals surface area (Å²) in [6.07, 6.45) is 0.825. The van der Waals surface area contributed by atoms with Crippen LogP contribution >= 0.6 is 0 Å². The first-order valence-electron chi connectivity index (χ1n) is 8.14. The van der Waals surface area contributed by atoms with E-state index in [0.29, 0.717) is 11.2 Å². The molecule has 0 N–H and O–H groups in total. The Kier molecular flexibility index (Phi) is 5.31. The third-order valence-electron chi connectivity index (χ3n) is 3.77. The van der Waals surface area contributed by atoms with E-state index in [2.05, 4.69) is 15.1 Å². The molecule has 1 fully saturated rings. The molecule has 1 aliphatic rings. The Hall–Kier alpha value is -3.08. The summed E-state index contributed by atoms with van der Waals surface area (Å²) in [6, 6.07) is 0. The van der Waals surface area contributed by atoms with Crippen LogP contribution in [-0.4, -0.2) is 62.6 Å². The van der Waals surface area contributed by atoms with Crippen LogP contribution in [-0.2, 0) is 33.3 Å². The molecule has 0 unspecified atom stereocenters. The summed E-state index contributed by atoms with van der Waals surface area (Å²) in [6.45, 7) is 3.51. The standard InChI is InChI=1S/C16H18N4O7/c1-8(21)24-7-12-13(25-9(2)22)14(26-10(3)23)16(27-12)20-6-11-15(19-20)18-5-4-17-11/h4-6,12-14,16H,7H2,1-3H3/t12-,13-,14-,16-/m1/s1. The normalized spacial score (nSPS) is 24.6. The molecule has 2 aromatic rings. The Morgan fingerprint density at radius 1 is 1.04 bits per heavy atom. The first kappa shape index (κ1) is 18.7. The summed E-state index contributed by atoms with van der Waals surface area (Å²) < 4.78 is 22.9. The van der Waals surface area contributed by atoms with E-state index in [1.165, 1.54) is 37.8 Å². The van der Waals surface area contributed by atoms with E-state index >= 15 is 0 Å². The molecule has 11 nitrogen and oxygen atoms in total. The predicted octanol–water partition coefficient (Wildman–Crippen LogP) is 0.150. The zero-order valence-corrected chi connectivity index (χ0v) is 14.9. The highest BCUT2D eigenvalue weighted by Crippen LogP contribution is 2.34. The number of esters is 3. The van der Waals surface area contributed by atoms with Gasteiger partial charge >= 0.3 is 17.9 Å². The fraction of sp³-hybridized carbons (Fsp3) is 0.500. The highest BCUT2D eigenvalue weighted by molar-refractivity contribution is 5.69. The maximum absolute atomic E-state index is 11.6. The van der Waals surface area contributed by atoms with Crippen molar-refractivity contribution in [3.63, 3.8) is 0 Å². The van der Waals surface area contributed by atoms with Crippen molar-refractivity contribution in [3.8, 4) is 0 Å². The number of rotatable bonds is 5. The molecule has 0 bridgehead atoms. The van der Waals surface area contributed by atoms with Gasteiger partial charge in [0.15, 0.2) is 24.1 Å². The molecular formula is C16H18N4O7. The van der Waals surface area contributed by atoms with E-state index in [0.717, 1.165) is 0 Å². The number of ether oxygens (including phenoxy) is 4. The van der Waals surface area contributed by atoms with Gasteiger partial charge in [0.2, 0.25) is 0 Å². The molecule has 27 heavy (non-hydrogen) atoms. The van der Waals surface area contributed by atoms with Gasteiger partial charge in [-0.2, -0.15) is 0 Å². The minimum atomic E-state index is -0.999. The van der Waals surface area contributed by atoms with Crippen LogP contribution in [0.3, 0.4) is 0 Å². The van der Waals surface area contributed by atoms with Gasteiger partial charge in [0, 0.05) is 33.2 Å². The maximum atomic E-state index is 11.6. The van der Waals surface area contributed by atoms with Gasteiger partial charge in [0.05, 0.1) is 6.20 Å². The first-order valence-corrected chi connectivity index (χ1v) is 8.14. The van der Waals surface area contributed by atoms with Crippen LogP contribution in [0.2, 0.25) is 0 Å². The van der Waals surface area contributed by atoms with E-state index < -0.39 is 42.4 Å². The Morgan fingerprint density at radius 3 is 2.33 bits per heavy atom. The third kappa shape index (κ3) is 4.19. The second kappa shape index (κ2) is 7.66. The third-order valence-corrected chi connectivity index (χ3v) is 3.77. The highest BCUT2D eigenvalue weighted by Gasteiger charge is 2.51. The van der Waals surface area contributed by atoms with Gasteiger partial charge in [-0.25, -0.2) is 14.6 Å². The number of fused-ring (bicyclic) bond motifs is 1. The van der Waals surface area contributed by atoms with E-state index in [9.17, 15) is 14.4 Å². The van der Waals surface area contributed by atoms with Gasteiger partial charge in [-0.05, 0) is 0 Å². The van der Waals surface area contributed by atoms with Crippen LogP contribution in [0, 0.1) is 0 Å². The minimum Gasteiger partial charge on any atom is -0.463 e. The fourth-order valence-corrected chi connectivity index (χ4v) is 2.81. The van der Waals surface area contributed by atoms with Crippen molar-refractivity contribution in [2.45, 2.75) is 45.3 Å². The zero-order valence-electron chi connectivity index (χ0n) is 14.9. The summed E-state index contributed by atoms with van der Waals surface area (Å²) >= 11 is 0. The fourth-order valence-electron chi connectivity index (χ4n) is 2.81. The SMILES string of the molecule is CC(=O)OC[C@H]1O[C@@H](n2cc3nccnc3n2)[C@H](OC(C)=O)[C@@H]1OC(C)=O. The van der Waals surface area contributed by atoms with E-state index in [1.54, 1.807) is 6.20 Å². The lowest BCUT2D eigenvalue weighted by atomic mass is 10.1. The van der Waals surface area contributed by atoms with Gasteiger partial charge in [0.1, 0.15) is 18.2 Å². The number of aromatic nitrogens is 4. The van der Waals surface area contributed by atoms with Crippen molar-refractivity contribution in [3.05, 3.63) is 18.6 Å². The molecule has 1 saturated heterocycles. The molecule has 0 aliphatic carbocycles. The van der Waals surface area contributed by atoms with E-state index in [1.807, 2.05) is 0 Å². The molecule has 11 heteroatoms. The van der Waals surface area contributed by atoms with Crippen LogP contribution in [0.1, 0.15) is 27.0 Å².